The van der Waals surface area contributed by atoms with Crippen LogP contribution in [0.4, 0.5) is 0 Å². The van der Waals surface area contributed by atoms with E-state index in [0.717, 1.165) is 0 Å². The lowest BCUT2D eigenvalue weighted by Crippen LogP contribution is -2.42. The summed E-state index contributed by atoms with van der Waals surface area (Å²) in [4.78, 5) is 12.8. The molecule has 0 N–H and O–H groups in total. The average Bonchev–Trinajstić information content (AvgIpc) is 2.87. The van der Waals surface area contributed by atoms with E-state index in [1.165, 1.54) is 8.99 Å². The molecular weight excluding hydrogens is 397 g/mol. The van der Waals surface area contributed by atoms with E-state index in [1.807, 2.05) is 0 Å². The van der Waals surface area contributed by atoms with Crippen molar-refractivity contribution >= 4 is 39.0 Å². The molecule has 9 heteroatoms. The van der Waals surface area contributed by atoms with Crippen LogP contribution in [0.15, 0.2) is 29.2 Å². The molecule has 2 aromatic rings. The summed E-state index contributed by atoms with van der Waals surface area (Å²) in [7, 11) is -2.23. The third-order valence-electron chi connectivity index (χ3n) is 4.56. The summed E-state index contributed by atoms with van der Waals surface area (Å²) in [5.41, 5.74) is 0.845. The molecule has 2 heterocycles. The molecule has 0 bridgehead atoms. The molecule has 0 aliphatic carbocycles. The molecule has 1 aliphatic heterocycles. The highest BCUT2D eigenvalue weighted by atomic mass is 35.5. The van der Waals surface area contributed by atoms with E-state index >= 15 is 0 Å². The summed E-state index contributed by atoms with van der Waals surface area (Å²) in [5.74, 6) is -0.505. The molecule has 1 aromatic carbocycles. The van der Waals surface area contributed by atoms with Gasteiger partial charge in [-0.2, -0.15) is 9.40 Å². The van der Waals surface area contributed by atoms with Crippen LogP contribution in [-0.2, 0) is 17.1 Å². The maximum Gasteiger partial charge on any atom is 0.248 e. The molecule has 1 fully saturated rings. The predicted molar refractivity (Wildman–Crippen MR) is 100 cm³/mol. The highest BCUT2D eigenvalue weighted by Crippen LogP contribution is 2.31. The molecule has 0 spiro atoms. The monoisotopic (exact) mass is 415 g/mol. The molecule has 0 saturated carbocycles. The SMILES string of the molecule is Cc1nn(C)c(Cl)c1S(=O)(=O)N1CCC[C@@H](C(=O)c2cccc(Cl)c2)C1. The Balaban J connectivity index is 1.87. The van der Waals surface area contributed by atoms with E-state index in [0.29, 0.717) is 35.7 Å². The first-order valence-corrected chi connectivity index (χ1v) is 10.4. The number of hydrogen-bond donors (Lipinski definition) is 0. The highest BCUT2D eigenvalue weighted by Gasteiger charge is 2.36. The number of benzene rings is 1. The van der Waals surface area contributed by atoms with Crippen molar-refractivity contribution in [3.63, 3.8) is 0 Å². The van der Waals surface area contributed by atoms with Crippen LogP contribution in [0.1, 0.15) is 28.9 Å². The van der Waals surface area contributed by atoms with E-state index in [2.05, 4.69) is 5.10 Å². The number of halogens is 2. The van der Waals surface area contributed by atoms with Gasteiger partial charge in [0, 0.05) is 36.6 Å². The highest BCUT2D eigenvalue weighted by molar-refractivity contribution is 7.89. The van der Waals surface area contributed by atoms with Crippen molar-refractivity contribution in [1.82, 2.24) is 14.1 Å². The first-order chi connectivity index (χ1) is 12.2. The van der Waals surface area contributed by atoms with Gasteiger partial charge in [-0.1, -0.05) is 35.3 Å². The van der Waals surface area contributed by atoms with Gasteiger partial charge >= 0.3 is 0 Å². The number of piperidine rings is 1. The summed E-state index contributed by atoms with van der Waals surface area (Å²) in [6.07, 6.45) is 1.24. The van der Waals surface area contributed by atoms with E-state index in [1.54, 1.807) is 38.2 Å². The van der Waals surface area contributed by atoms with E-state index in [4.69, 9.17) is 23.2 Å². The zero-order valence-corrected chi connectivity index (χ0v) is 16.8. The standard InChI is InChI=1S/C17H19Cl2N3O3S/c1-11-16(17(19)21(2)20-11)26(24,25)22-8-4-6-13(10-22)15(23)12-5-3-7-14(18)9-12/h3,5,7,9,13H,4,6,8,10H2,1-2H3/t13-/m1/s1. The zero-order valence-electron chi connectivity index (χ0n) is 14.4. The van der Waals surface area contributed by atoms with Crippen LogP contribution in [0.25, 0.3) is 0 Å². The largest absolute Gasteiger partial charge is 0.294 e. The molecule has 3 rings (SSSR count). The molecule has 0 unspecified atom stereocenters. The Morgan fingerprint density at radius 1 is 1.31 bits per heavy atom. The maximum atomic E-state index is 13.1. The Kier molecular flexibility index (Phi) is 5.44. The second-order valence-electron chi connectivity index (χ2n) is 6.41. The molecule has 26 heavy (non-hydrogen) atoms. The van der Waals surface area contributed by atoms with Crippen LogP contribution in [0.5, 0.6) is 0 Å². The van der Waals surface area contributed by atoms with Gasteiger partial charge in [0.05, 0.1) is 5.69 Å². The van der Waals surface area contributed by atoms with Gasteiger partial charge in [0.1, 0.15) is 10.0 Å². The van der Waals surface area contributed by atoms with Gasteiger partial charge in [0.2, 0.25) is 10.0 Å². The van der Waals surface area contributed by atoms with Crippen LogP contribution >= 0.6 is 23.2 Å². The Labute approximate surface area is 162 Å². The van der Waals surface area contributed by atoms with Gasteiger partial charge in [-0.05, 0) is 31.9 Å². The third kappa shape index (κ3) is 3.53. The van der Waals surface area contributed by atoms with E-state index < -0.39 is 15.9 Å². The number of sulfonamides is 1. The second-order valence-corrected chi connectivity index (χ2v) is 9.07. The van der Waals surface area contributed by atoms with Crippen LogP contribution in [0.3, 0.4) is 0 Å². The number of carbonyl (C=O) groups excluding carboxylic acids is 1. The summed E-state index contributed by atoms with van der Waals surface area (Å²) in [6, 6.07) is 6.72. The normalized spacial score (nSPS) is 18.8. The molecule has 6 nitrogen and oxygen atoms in total. The Hall–Kier alpha value is -1.41. The van der Waals surface area contributed by atoms with Gasteiger partial charge in [-0.3, -0.25) is 9.48 Å². The minimum atomic E-state index is -3.82. The fourth-order valence-corrected chi connectivity index (χ4v) is 5.71. The maximum absolute atomic E-state index is 13.1. The van der Waals surface area contributed by atoms with Gasteiger partial charge in [-0.25, -0.2) is 8.42 Å². The third-order valence-corrected chi connectivity index (χ3v) is 7.36. The van der Waals surface area contributed by atoms with E-state index in [-0.39, 0.29) is 22.4 Å². The van der Waals surface area contributed by atoms with Crippen LogP contribution in [-0.4, -0.2) is 41.4 Å². The molecule has 1 atom stereocenters. The number of nitrogens with zero attached hydrogens (tertiary/aromatic N) is 3. The summed E-state index contributed by atoms with van der Waals surface area (Å²) < 4.78 is 28.8. The minimum absolute atomic E-state index is 0.0116. The smallest absolute Gasteiger partial charge is 0.248 e. The number of hydrogen-bond acceptors (Lipinski definition) is 4. The van der Waals surface area contributed by atoms with Gasteiger partial charge in [0.15, 0.2) is 5.78 Å². The average molecular weight is 416 g/mol. The summed E-state index contributed by atoms with van der Waals surface area (Å²) in [6.45, 7) is 2.09. The number of aryl methyl sites for hydroxylation is 2. The van der Waals surface area contributed by atoms with Crippen molar-refractivity contribution in [1.29, 1.82) is 0 Å². The Morgan fingerprint density at radius 3 is 2.65 bits per heavy atom. The number of carbonyl (C=O) groups is 1. The topological polar surface area (TPSA) is 72.3 Å². The van der Waals surface area contributed by atoms with Crippen molar-refractivity contribution in [2.24, 2.45) is 13.0 Å². The Bertz CT molecular complexity index is 956. The number of Topliss-reactive ketones (excluding diaryl/α,β-unsaturated/α-hetero) is 1. The molecule has 1 aromatic heterocycles. The van der Waals surface area contributed by atoms with Crippen LogP contribution in [0, 0.1) is 12.8 Å². The number of ketones is 1. The zero-order chi connectivity index (χ0) is 19.1. The second kappa shape index (κ2) is 7.31. The van der Waals surface area contributed by atoms with Crippen LogP contribution in [0.2, 0.25) is 10.2 Å². The van der Waals surface area contributed by atoms with E-state index in [9.17, 15) is 13.2 Å². The lowest BCUT2D eigenvalue weighted by Gasteiger charge is -2.31. The lowest BCUT2D eigenvalue weighted by molar-refractivity contribution is 0.0872. The van der Waals surface area contributed by atoms with Crippen molar-refractivity contribution in [2.45, 2.75) is 24.7 Å². The molecular formula is C17H19Cl2N3O3S. The number of rotatable bonds is 4. The number of aromatic nitrogens is 2. The van der Waals surface area contributed by atoms with Crippen molar-refractivity contribution < 1.29 is 13.2 Å². The Morgan fingerprint density at radius 2 is 2.04 bits per heavy atom. The summed E-state index contributed by atoms with van der Waals surface area (Å²) >= 11 is 12.1. The van der Waals surface area contributed by atoms with Crippen molar-refractivity contribution in [3.8, 4) is 0 Å². The summed E-state index contributed by atoms with van der Waals surface area (Å²) in [5, 5.41) is 4.64. The van der Waals surface area contributed by atoms with Gasteiger partial charge < -0.3 is 0 Å². The minimum Gasteiger partial charge on any atom is -0.294 e. The lowest BCUT2D eigenvalue weighted by atomic mass is 9.91. The first-order valence-electron chi connectivity index (χ1n) is 8.21. The molecule has 140 valence electrons. The van der Waals surface area contributed by atoms with Crippen molar-refractivity contribution in [2.75, 3.05) is 13.1 Å². The molecule has 0 radical (unpaired) electrons. The molecule has 1 aliphatic rings. The molecule has 0 amide bonds. The van der Waals surface area contributed by atoms with Gasteiger partial charge in [-0.15, -0.1) is 0 Å². The predicted octanol–water partition coefficient (Wildman–Crippen LogP) is 3.32. The fraction of sp³-hybridized carbons (Fsp3) is 0.412. The van der Waals surface area contributed by atoms with Crippen molar-refractivity contribution in [3.05, 3.63) is 45.7 Å². The fourth-order valence-electron chi connectivity index (χ4n) is 3.28. The van der Waals surface area contributed by atoms with Gasteiger partial charge in [0.25, 0.3) is 0 Å². The first kappa shape index (κ1) is 19.4. The quantitative estimate of drug-likeness (QED) is 0.717. The molecule has 1 saturated heterocycles. The van der Waals surface area contributed by atoms with Crippen LogP contribution < -0.4 is 0 Å².